The lowest BCUT2D eigenvalue weighted by Gasteiger charge is -2.18. The standard InChI is InChI=1S/C11H18N2O2/c1-6-15-10(14)9-7-13(11(3,4)5)12-8(9)2/h7H,6H2,1-5H3. The number of aromatic nitrogens is 2. The number of nitrogens with zero attached hydrogens (tertiary/aromatic N) is 2. The van der Waals surface area contributed by atoms with E-state index >= 15 is 0 Å². The Kier molecular flexibility index (Phi) is 3.17. The Morgan fingerprint density at radius 3 is 2.53 bits per heavy atom. The maximum atomic E-state index is 11.5. The van der Waals surface area contributed by atoms with Gasteiger partial charge in [0.05, 0.1) is 17.8 Å². The predicted octanol–water partition coefficient (Wildman–Crippen LogP) is 2.12. The van der Waals surface area contributed by atoms with Crippen molar-refractivity contribution in [2.24, 2.45) is 0 Å². The summed E-state index contributed by atoms with van der Waals surface area (Å²) in [5, 5.41) is 4.30. The van der Waals surface area contributed by atoms with Gasteiger partial charge in [-0.2, -0.15) is 5.10 Å². The summed E-state index contributed by atoms with van der Waals surface area (Å²) < 4.78 is 6.73. The number of hydrogen-bond acceptors (Lipinski definition) is 3. The number of esters is 1. The zero-order valence-corrected chi connectivity index (χ0v) is 10.00. The first-order chi connectivity index (χ1) is 6.86. The fourth-order valence-corrected chi connectivity index (χ4v) is 1.21. The highest BCUT2D eigenvalue weighted by atomic mass is 16.5. The molecular weight excluding hydrogens is 192 g/mol. The van der Waals surface area contributed by atoms with Crippen LogP contribution in [-0.4, -0.2) is 22.4 Å². The van der Waals surface area contributed by atoms with E-state index in [0.29, 0.717) is 17.9 Å². The monoisotopic (exact) mass is 210 g/mol. The van der Waals surface area contributed by atoms with Gasteiger partial charge in [0.1, 0.15) is 5.56 Å². The van der Waals surface area contributed by atoms with Crippen molar-refractivity contribution in [1.29, 1.82) is 0 Å². The second-order valence-electron chi connectivity index (χ2n) is 4.46. The van der Waals surface area contributed by atoms with Crippen molar-refractivity contribution in [3.8, 4) is 0 Å². The van der Waals surface area contributed by atoms with Crippen molar-refractivity contribution in [1.82, 2.24) is 9.78 Å². The average molecular weight is 210 g/mol. The van der Waals surface area contributed by atoms with Crippen molar-refractivity contribution in [2.75, 3.05) is 6.61 Å². The molecule has 0 aliphatic carbocycles. The molecule has 0 spiro atoms. The second kappa shape index (κ2) is 4.04. The number of aryl methyl sites for hydroxylation is 1. The van der Waals surface area contributed by atoms with Gasteiger partial charge in [-0.05, 0) is 34.6 Å². The Hall–Kier alpha value is -1.32. The number of hydrogen-bond donors (Lipinski definition) is 0. The molecule has 0 radical (unpaired) electrons. The molecule has 0 aliphatic heterocycles. The minimum Gasteiger partial charge on any atom is -0.462 e. The van der Waals surface area contributed by atoms with Crippen molar-refractivity contribution < 1.29 is 9.53 Å². The summed E-state index contributed by atoms with van der Waals surface area (Å²) in [5.41, 5.74) is 1.14. The maximum Gasteiger partial charge on any atom is 0.341 e. The summed E-state index contributed by atoms with van der Waals surface area (Å²) in [7, 11) is 0. The Bertz CT molecular complexity index is 361. The molecule has 0 N–H and O–H groups in total. The highest BCUT2D eigenvalue weighted by molar-refractivity contribution is 5.90. The molecule has 1 aromatic heterocycles. The molecule has 0 atom stereocenters. The normalized spacial score (nSPS) is 11.5. The Labute approximate surface area is 90.2 Å². The molecule has 0 bridgehead atoms. The molecule has 0 saturated carbocycles. The van der Waals surface area contributed by atoms with E-state index in [0.717, 1.165) is 0 Å². The van der Waals surface area contributed by atoms with Crippen LogP contribution >= 0.6 is 0 Å². The molecule has 0 saturated heterocycles. The van der Waals surface area contributed by atoms with E-state index in [1.807, 2.05) is 27.7 Å². The Balaban J connectivity index is 3.02. The van der Waals surface area contributed by atoms with Crippen LogP contribution in [0.1, 0.15) is 43.7 Å². The molecule has 0 fully saturated rings. The fraction of sp³-hybridized carbons (Fsp3) is 0.636. The van der Waals surface area contributed by atoms with E-state index in [1.54, 1.807) is 17.8 Å². The number of carbonyl (C=O) groups is 1. The number of carbonyl (C=O) groups excluding carboxylic acids is 1. The van der Waals surface area contributed by atoms with Crippen LogP contribution in [0.25, 0.3) is 0 Å². The molecule has 0 amide bonds. The summed E-state index contributed by atoms with van der Waals surface area (Å²) in [6, 6.07) is 0. The molecule has 1 rings (SSSR count). The lowest BCUT2D eigenvalue weighted by molar-refractivity contribution is 0.0525. The predicted molar refractivity (Wildman–Crippen MR) is 57.9 cm³/mol. The third-order valence-electron chi connectivity index (χ3n) is 2.08. The molecule has 0 aliphatic rings. The maximum absolute atomic E-state index is 11.5. The SMILES string of the molecule is CCOC(=O)c1cn(C(C)(C)C)nc1C. The molecule has 1 aromatic rings. The average Bonchev–Trinajstić information content (AvgIpc) is 2.47. The van der Waals surface area contributed by atoms with Crippen LogP contribution in [0.4, 0.5) is 0 Å². The van der Waals surface area contributed by atoms with Gasteiger partial charge < -0.3 is 4.74 Å². The van der Waals surface area contributed by atoms with Crippen LogP contribution in [0.5, 0.6) is 0 Å². The molecule has 4 nitrogen and oxygen atoms in total. The molecular formula is C11H18N2O2. The Morgan fingerprint density at radius 2 is 2.13 bits per heavy atom. The zero-order valence-electron chi connectivity index (χ0n) is 10.00. The summed E-state index contributed by atoms with van der Waals surface area (Å²) in [6.07, 6.45) is 1.74. The topological polar surface area (TPSA) is 44.1 Å². The van der Waals surface area contributed by atoms with Gasteiger partial charge in [-0.3, -0.25) is 4.68 Å². The van der Waals surface area contributed by atoms with Crippen molar-refractivity contribution in [2.45, 2.75) is 40.2 Å². The van der Waals surface area contributed by atoms with Gasteiger partial charge in [0.25, 0.3) is 0 Å². The van der Waals surface area contributed by atoms with Crippen LogP contribution in [0.3, 0.4) is 0 Å². The van der Waals surface area contributed by atoms with Gasteiger partial charge in [-0.25, -0.2) is 4.79 Å². The molecule has 4 heteroatoms. The summed E-state index contributed by atoms with van der Waals surface area (Å²) >= 11 is 0. The van der Waals surface area contributed by atoms with E-state index in [2.05, 4.69) is 5.10 Å². The van der Waals surface area contributed by atoms with E-state index in [1.165, 1.54) is 0 Å². The summed E-state index contributed by atoms with van der Waals surface area (Å²) in [5.74, 6) is -0.300. The molecule has 0 aromatic carbocycles. The zero-order chi connectivity index (χ0) is 11.6. The van der Waals surface area contributed by atoms with Crippen LogP contribution in [-0.2, 0) is 10.3 Å². The quantitative estimate of drug-likeness (QED) is 0.702. The molecule has 84 valence electrons. The van der Waals surface area contributed by atoms with Gasteiger partial charge in [-0.15, -0.1) is 0 Å². The first-order valence-electron chi connectivity index (χ1n) is 5.10. The number of ether oxygens (including phenoxy) is 1. The van der Waals surface area contributed by atoms with Crippen LogP contribution < -0.4 is 0 Å². The highest BCUT2D eigenvalue weighted by Crippen LogP contribution is 2.16. The largest absolute Gasteiger partial charge is 0.462 e. The fourth-order valence-electron chi connectivity index (χ4n) is 1.21. The van der Waals surface area contributed by atoms with E-state index in [9.17, 15) is 4.79 Å². The van der Waals surface area contributed by atoms with Gasteiger partial charge >= 0.3 is 5.97 Å². The van der Waals surface area contributed by atoms with E-state index in [-0.39, 0.29) is 11.5 Å². The van der Waals surface area contributed by atoms with E-state index in [4.69, 9.17) is 4.74 Å². The lowest BCUT2D eigenvalue weighted by atomic mass is 10.1. The third kappa shape index (κ3) is 2.58. The van der Waals surface area contributed by atoms with E-state index < -0.39 is 0 Å². The minimum atomic E-state index is -0.300. The van der Waals surface area contributed by atoms with Crippen LogP contribution in [0, 0.1) is 6.92 Å². The molecule has 0 unspecified atom stereocenters. The van der Waals surface area contributed by atoms with Crippen molar-refractivity contribution in [3.05, 3.63) is 17.5 Å². The van der Waals surface area contributed by atoms with Crippen LogP contribution in [0.15, 0.2) is 6.20 Å². The summed E-state index contributed by atoms with van der Waals surface area (Å²) in [6.45, 7) is 10.1. The lowest BCUT2D eigenvalue weighted by Crippen LogP contribution is -2.22. The van der Waals surface area contributed by atoms with Crippen molar-refractivity contribution in [3.63, 3.8) is 0 Å². The first kappa shape index (κ1) is 11.8. The highest BCUT2D eigenvalue weighted by Gasteiger charge is 2.20. The van der Waals surface area contributed by atoms with Gasteiger partial charge in [0, 0.05) is 6.20 Å². The Morgan fingerprint density at radius 1 is 1.53 bits per heavy atom. The van der Waals surface area contributed by atoms with Crippen LogP contribution in [0.2, 0.25) is 0 Å². The minimum absolute atomic E-state index is 0.116. The molecule has 1 heterocycles. The van der Waals surface area contributed by atoms with Gasteiger partial charge in [0.15, 0.2) is 0 Å². The van der Waals surface area contributed by atoms with Crippen molar-refractivity contribution >= 4 is 5.97 Å². The first-order valence-corrected chi connectivity index (χ1v) is 5.10. The molecule has 15 heavy (non-hydrogen) atoms. The van der Waals surface area contributed by atoms with Gasteiger partial charge in [-0.1, -0.05) is 0 Å². The number of rotatable bonds is 2. The summed E-state index contributed by atoms with van der Waals surface area (Å²) in [4.78, 5) is 11.5. The smallest absolute Gasteiger partial charge is 0.341 e. The van der Waals surface area contributed by atoms with Gasteiger partial charge in [0.2, 0.25) is 0 Å². The second-order valence-corrected chi connectivity index (χ2v) is 4.46. The third-order valence-corrected chi connectivity index (χ3v) is 2.08.